The molecule has 0 aliphatic carbocycles. The Morgan fingerprint density at radius 1 is 1.58 bits per heavy atom. The van der Waals surface area contributed by atoms with E-state index in [1.54, 1.807) is 6.07 Å². The molecule has 12 heavy (non-hydrogen) atoms. The van der Waals surface area contributed by atoms with Gasteiger partial charge in [0.05, 0.1) is 16.0 Å². The molecule has 0 spiro atoms. The Balaban J connectivity index is 3.08. The van der Waals surface area contributed by atoms with E-state index in [2.05, 4.69) is 28.6 Å². The van der Waals surface area contributed by atoms with Gasteiger partial charge in [-0.25, -0.2) is 4.39 Å². The van der Waals surface area contributed by atoms with Crippen molar-refractivity contribution < 1.29 is 9.13 Å². The highest BCUT2D eigenvalue weighted by molar-refractivity contribution is 9.10. The van der Waals surface area contributed by atoms with Crippen LogP contribution in [0.15, 0.2) is 21.5 Å². The highest BCUT2D eigenvalue weighted by Crippen LogP contribution is 2.32. The van der Waals surface area contributed by atoms with Crippen LogP contribution in [0.25, 0.3) is 0 Å². The van der Waals surface area contributed by atoms with Crippen LogP contribution in [0.2, 0.25) is 0 Å². The SMILES string of the molecule is CCOc1ccc(F)c(S)c1Br. The Morgan fingerprint density at radius 3 is 2.83 bits per heavy atom. The van der Waals surface area contributed by atoms with Gasteiger partial charge in [-0.15, -0.1) is 12.6 Å². The van der Waals surface area contributed by atoms with Crippen LogP contribution >= 0.6 is 28.6 Å². The molecule has 0 saturated heterocycles. The van der Waals surface area contributed by atoms with Gasteiger partial charge in [-0.1, -0.05) is 0 Å². The van der Waals surface area contributed by atoms with Crippen molar-refractivity contribution in [1.29, 1.82) is 0 Å². The molecule has 0 radical (unpaired) electrons. The van der Waals surface area contributed by atoms with Crippen molar-refractivity contribution in [2.24, 2.45) is 0 Å². The summed E-state index contributed by atoms with van der Waals surface area (Å²) in [5, 5.41) is 0. The summed E-state index contributed by atoms with van der Waals surface area (Å²) in [6.07, 6.45) is 0. The average Bonchev–Trinajstić information content (AvgIpc) is 2.07. The van der Waals surface area contributed by atoms with Crippen LogP contribution in [-0.2, 0) is 0 Å². The molecular formula is C8H8BrFOS. The molecule has 0 N–H and O–H groups in total. The molecule has 0 amide bonds. The fraction of sp³-hybridized carbons (Fsp3) is 0.250. The normalized spacial score (nSPS) is 10.0. The number of ether oxygens (including phenoxy) is 1. The Kier molecular flexibility index (Phi) is 3.40. The molecule has 66 valence electrons. The quantitative estimate of drug-likeness (QED) is 0.793. The first-order valence-corrected chi connectivity index (χ1v) is 4.70. The number of rotatable bonds is 2. The zero-order valence-corrected chi connectivity index (χ0v) is 8.95. The number of hydrogen-bond acceptors (Lipinski definition) is 2. The third-order valence-corrected chi connectivity index (χ3v) is 2.86. The van der Waals surface area contributed by atoms with E-state index < -0.39 is 0 Å². The Hall–Kier alpha value is -0.220. The van der Waals surface area contributed by atoms with Crippen LogP contribution in [0.5, 0.6) is 5.75 Å². The molecule has 0 heterocycles. The minimum Gasteiger partial charge on any atom is -0.493 e. The Morgan fingerprint density at radius 2 is 2.25 bits per heavy atom. The molecule has 0 aliphatic heterocycles. The fourth-order valence-electron chi connectivity index (χ4n) is 0.789. The highest BCUT2D eigenvalue weighted by atomic mass is 79.9. The van der Waals surface area contributed by atoms with Crippen molar-refractivity contribution in [3.8, 4) is 5.75 Å². The maximum atomic E-state index is 12.8. The summed E-state index contributed by atoms with van der Waals surface area (Å²) in [5.74, 6) is 0.262. The van der Waals surface area contributed by atoms with Gasteiger partial charge in [0.25, 0.3) is 0 Å². The van der Waals surface area contributed by atoms with E-state index >= 15 is 0 Å². The fourth-order valence-corrected chi connectivity index (χ4v) is 1.41. The van der Waals surface area contributed by atoms with Crippen LogP contribution in [-0.4, -0.2) is 6.61 Å². The molecule has 0 bridgehead atoms. The number of benzene rings is 1. The van der Waals surface area contributed by atoms with Crippen LogP contribution in [0, 0.1) is 5.82 Å². The van der Waals surface area contributed by atoms with Crippen molar-refractivity contribution in [2.75, 3.05) is 6.61 Å². The van der Waals surface area contributed by atoms with E-state index in [0.29, 0.717) is 16.8 Å². The van der Waals surface area contributed by atoms with Crippen molar-refractivity contribution in [1.82, 2.24) is 0 Å². The Bertz CT molecular complexity index is 291. The molecule has 1 rings (SSSR count). The average molecular weight is 251 g/mol. The second kappa shape index (κ2) is 4.14. The van der Waals surface area contributed by atoms with Gasteiger partial charge in [0.1, 0.15) is 11.6 Å². The van der Waals surface area contributed by atoms with Crippen molar-refractivity contribution in [3.63, 3.8) is 0 Å². The zero-order chi connectivity index (χ0) is 9.14. The summed E-state index contributed by atoms with van der Waals surface area (Å²) >= 11 is 7.16. The van der Waals surface area contributed by atoms with Gasteiger partial charge in [-0.3, -0.25) is 0 Å². The molecule has 0 fully saturated rings. The van der Waals surface area contributed by atoms with Crippen molar-refractivity contribution in [2.45, 2.75) is 11.8 Å². The van der Waals surface area contributed by atoms with Crippen molar-refractivity contribution in [3.05, 3.63) is 22.4 Å². The van der Waals surface area contributed by atoms with Gasteiger partial charge in [0.2, 0.25) is 0 Å². The standard InChI is InChI=1S/C8H8BrFOS/c1-2-11-6-4-3-5(10)8(12)7(6)9/h3-4,12H,2H2,1H3. The minimum atomic E-state index is -0.353. The second-order valence-corrected chi connectivity index (χ2v) is 3.38. The molecule has 4 heteroatoms. The predicted molar refractivity (Wildman–Crippen MR) is 52.5 cm³/mol. The first-order valence-electron chi connectivity index (χ1n) is 3.46. The van der Waals surface area contributed by atoms with Gasteiger partial charge in [-0.05, 0) is 35.0 Å². The maximum absolute atomic E-state index is 12.8. The van der Waals surface area contributed by atoms with E-state index in [1.165, 1.54) is 6.07 Å². The third-order valence-electron chi connectivity index (χ3n) is 1.33. The molecule has 1 aromatic rings. The van der Waals surface area contributed by atoms with Crippen LogP contribution < -0.4 is 4.74 Å². The number of hydrogen-bond donors (Lipinski definition) is 1. The van der Waals surface area contributed by atoms with Crippen LogP contribution in [0.4, 0.5) is 4.39 Å². The molecule has 1 aromatic carbocycles. The summed E-state index contributed by atoms with van der Waals surface area (Å²) in [4.78, 5) is 0.279. The lowest BCUT2D eigenvalue weighted by Crippen LogP contribution is -1.93. The van der Waals surface area contributed by atoms with Gasteiger partial charge in [-0.2, -0.15) is 0 Å². The maximum Gasteiger partial charge on any atom is 0.137 e. The van der Waals surface area contributed by atoms with Crippen LogP contribution in [0.3, 0.4) is 0 Å². The molecule has 0 aliphatic rings. The van der Waals surface area contributed by atoms with Gasteiger partial charge in [0, 0.05) is 0 Å². The number of halogens is 2. The monoisotopic (exact) mass is 250 g/mol. The summed E-state index contributed by atoms with van der Waals surface area (Å²) in [6.45, 7) is 2.42. The zero-order valence-electron chi connectivity index (χ0n) is 6.47. The van der Waals surface area contributed by atoms with E-state index in [9.17, 15) is 4.39 Å². The lowest BCUT2D eigenvalue weighted by molar-refractivity contribution is 0.336. The first-order chi connectivity index (χ1) is 5.66. The van der Waals surface area contributed by atoms with Crippen molar-refractivity contribution >= 4 is 28.6 Å². The summed E-state index contributed by atoms with van der Waals surface area (Å²) in [6, 6.07) is 2.90. The van der Waals surface area contributed by atoms with E-state index in [1.807, 2.05) is 6.92 Å². The van der Waals surface area contributed by atoms with E-state index in [-0.39, 0.29) is 10.7 Å². The minimum absolute atomic E-state index is 0.279. The predicted octanol–water partition coefficient (Wildman–Crippen LogP) is 3.28. The topological polar surface area (TPSA) is 9.23 Å². The van der Waals surface area contributed by atoms with Gasteiger partial charge < -0.3 is 4.74 Å². The molecule has 0 atom stereocenters. The van der Waals surface area contributed by atoms with E-state index in [0.717, 1.165) is 0 Å². The summed E-state index contributed by atoms with van der Waals surface area (Å²) in [7, 11) is 0. The number of thiol groups is 1. The highest BCUT2D eigenvalue weighted by Gasteiger charge is 2.08. The molecule has 1 nitrogen and oxygen atoms in total. The molecule has 0 saturated carbocycles. The van der Waals surface area contributed by atoms with E-state index in [4.69, 9.17) is 4.74 Å². The van der Waals surface area contributed by atoms with Gasteiger partial charge in [0.15, 0.2) is 0 Å². The van der Waals surface area contributed by atoms with Gasteiger partial charge >= 0.3 is 0 Å². The van der Waals surface area contributed by atoms with Crippen LogP contribution in [0.1, 0.15) is 6.92 Å². The molecule has 0 unspecified atom stereocenters. The lowest BCUT2D eigenvalue weighted by atomic mass is 10.3. The largest absolute Gasteiger partial charge is 0.493 e. The second-order valence-electron chi connectivity index (χ2n) is 2.14. The first kappa shape index (κ1) is 9.86. The summed E-state index contributed by atoms with van der Waals surface area (Å²) in [5.41, 5.74) is 0. The smallest absolute Gasteiger partial charge is 0.137 e. The molecule has 0 aromatic heterocycles. The Labute approximate surface area is 84.5 Å². The lowest BCUT2D eigenvalue weighted by Gasteiger charge is -2.07. The third kappa shape index (κ3) is 1.93. The summed E-state index contributed by atoms with van der Waals surface area (Å²) < 4.78 is 18.6. The molecular weight excluding hydrogens is 243 g/mol.